The van der Waals surface area contributed by atoms with Crippen LogP contribution in [-0.4, -0.2) is 78.4 Å². The molecule has 0 saturated carbocycles. The number of hydrogen-bond acceptors (Lipinski definition) is 6. The van der Waals surface area contributed by atoms with E-state index in [9.17, 15) is 14.4 Å². The number of amides is 3. The standard InChI is InChI=1S/C25H35N5O4/c1-4-29-13-11-17-9-10-21(30(17)25(33)20(15-29)28-23(31)16(2)26-3)24(32)27-19-12-14-34-22-8-6-5-7-18(19)22/h4-8,16-17,19-21,26H,1,9-15H2,2-3H3,(H,27,32)(H,28,31)/t16-,17+,19+,20-,21-/m0/s1. The van der Waals surface area contributed by atoms with Gasteiger partial charge in [0.2, 0.25) is 17.7 Å². The lowest BCUT2D eigenvalue weighted by atomic mass is 10.00. The molecule has 0 spiro atoms. The van der Waals surface area contributed by atoms with Gasteiger partial charge < -0.3 is 30.5 Å². The summed E-state index contributed by atoms with van der Waals surface area (Å²) in [6.45, 7) is 7.18. The first-order valence-electron chi connectivity index (χ1n) is 12.1. The van der Waals surface area contributed by atoms with Crippen LogP contribution in [0.15, 0.2) is 37.0 Å². The molecule has 4 rings (SSSR count). The maximum absolute atomic E-state index is 13.7. The van der Waals surface area contributed by atoms with Crippen LogP contribution in [-0.2, 0) is 14.4 Å². The maximum atomic E-state index is 13.7. The van der Waals surface area contributed by atoms with Gasteiger partial charge in [-0.3, -0.25) is 14.4 Å². The molecule has 0 radical (unpaired) electrons. The molecule has 3 amide bonds. The number of hydrogen-bond donors (Lipinski definition) is 3. The van der Waals surface area contributed by atoms with Crippen molar-refractivity contribution >= 4 is 17.7 Å². The van der Waals surface area contributed by atoms with E-state index in [0.717, 1.165) is 24.2 Å². The van der Waals surface area contributed by atoms with Crippen LogP contribution in [0.5, 0.6) is 5.75 Å². The van der Waals surface area contributed by atoms with Gasteiger partial charge in [0.1, 0.15) is 17.8 Å². The molecule has 9 heteroatoms. The molecular weight excluding hydrogens is 434 g/mol. The summed E-state index contributed by atoms with van der Waals surface area (Å²) < 4.78 is 5.72. The summed E-state index contributed by atoms with van der Waals surface area (Å²) in [6.07, 6.45) is 4.52. The molecule has 1 aromatic rings. The third kappa shape index (κ3) is 4.89. The average Bonchev–Trinajstić information content (AvgIpc) is 3.27. The van der Waals surface area contributed by atoms with Crippen molar-refractivity contribution in [3.8, 4) is 5.75 Å². The molecule has 3 aliphatic rings. The summed E-state index contributed by atoms with van der Waals surface area (Å²) in [5.74, 6) is 0.184. The number of carbonyl (C=O) groups excluding carboxylic acids is 3. The third-order valence-electron chi connectivity index (χ3n) is 7.20. The fourth-order valence-electron chi connectivity index (χ4n) is 5.12. The SMILES string of the molecule is C=CN1CC[C@H]2CC[C@@H](C(=O)N[C@@H]3CCOc4ccccc43)N2C(=O)[C@@H](NC(=O)[C@H](C)NC)C1. The van der Waals surface area contributed by atoms with Crippen molar-refractivity contribution in [3.05, 3.63) is 42.6 Å². The van der Waals surface area contributed by atoms with E-state index in [0.29, 0.717) is 32.5 Å². The highest BCUT2D eigenvalue weighted by atomic mass is 16.5. The van der Waals surface area contributed by atoms with E-state index in [1.807, 2.05) is 29.2 Å². The Hall–Kier alpha value is -3.07. The molecule has 34 heavy (non-hydrogen) atoms. The summed E-state index contributed by atoms with van der Waals surface area (Å²) in [5, 5.41) is 8.96. The zero-order valence-corrected chi connectivity index (χ0v) is 20.0. The second kappa shape index (κ2) is 10.5. The van der Waals surface area contributed by atoms with Crippen LogP contribution < -0.4 is 20.7 Å². The van der Waals surface area contributed by atoms with Gasteiger partial charge in [0.25, 0.3) is 0 Å². The molecule has 3 heterocycles. The second-order valence-corrected chi connectivity index (χ2v) is 9.27. The van der Waals surface area contributed by atoms with E-state index in [4.69, 9.17) is 4.74 Å². The van der Waals surface area contributed by atoms with Gasteiger partial charge in [0.15, 0.2) is 0 Å². The third-order valence-corrected chi connectivity index (χ3v) is 7.20. The highest BCUT2D eigenvalue weighted by Crippen LogP contribution is 2.33. The molecule has 0 bridgehead atoms. The molecule has 3 N–H and O–H groups in total. The van der Waals surface area contributed by atoms with E-state index in [1.54, 1.807) is 25.1 Å². The van der Waals surface area contributed by atoms with Crippen LogP contribution in [0.3, 0.4) is 0 Å². The molecule has 1 aromatic carbocycles. The molecule has 9 nitrogen and oxygen atoms in total. The van der Waals surface area contributed by atoms with Crippen LogP contribution >= 0.6 is 0 Å². The lowest BCUT2D eigenvalue weighted by Crippen LogP contribution is -2.61. The van der Waals surface area contributed by atoms with Crippen molar-refractivity contribution in [3.63, 3.8) is 0 Å². The lowest BCUT2D eigenvalue weighted by Gasteiger charge is -2.39. The van der Waals surface area contributed by atoms with E-state index < -0.39 is 18.1 Å². The van der Waals surface area contributed by atoms with Crippen molar-refractivity contribution < 1.29 is 19.1 Å². The quantitative estimate of drug-likeness (QED) is 0.573. The van der Waals surface area contributed by atoms with Crippen molar-refractivity contribution in [2.45, 2.75) is 62.8 Å². The van der Waals surface area contributed by atoms with Crippen molar-refractivity contribution in [1.82, 2.24) is 25.8 Å². The monoisotopic (exact) mass is 469 g/mol. The van der Waals surface area contributed by atoms with Gasteiger partial charge in [-0.15, -0.1) is 0 Å². The number of para-hydroxylation sites is 1. The molecule has 3 aliphatic heterocycles. The Labute approximate surface area is 200 Å². The van der Waals surface area contributed by atoms with Crippen LogP contribution in [0.4, 0.5) is 0 Å². The number of fused-ring (bicyclic) bond motifs is 2. The van der Waals surface area contributed by atoms with Gasteiger partial charge in [-0.1, -0.05) is 24.8 Å². The van der Waals surface area contributed by atoms with E-state index in [1.165, 1.54) is 0 Å². The van der Waals surface area contributed by atoms with Crippen molar-refractivity contribution in [2.75, 3.05) is 26.7 Å². The van der Waals surface area contributed by atoms with Crippen molar-refractivity contribution in [2.24, 2.45) is 0 Å². The van der Waals surface area contributed by atoms with Gasteiger partial charge in [0, 0.05) is 31.1 Å². The minimum absolute atomic E-state index is 0.0471. The first-order valence-corrected chi connectivity index (χ1v) is 12.1. The van der Waals surface area contributed by atoms with Crippen molar-refractivity contribution in [1.29, 1.82) is 0 Å². The summed E-state index contributed by atoms with van der Waals surface area (Å²) in [6, 6.07) is 5.80. The molecule has 2 saturated heterocycles. The van der Waals surface area contributed by atoms with Crippen LogP contribution in [0.25, 0.3) is 0 Å². The molecule has 0 aliphatic carbocycles. The number of rotatable bonds is 6. The molecule has 5 atom stereocenters. The maximum Gasteiger partial charge on any atom is 0.247 e. The zero-order valence-electron chi connectivity index (χ0n) is 20.0. The van der Waals surface area contributed by atoms with Gasteiger partial charge in [-0.2, -0.15) is 0 Å². The summed E-state index contributed by atoms with van der Waals surface area (Å²) in [5.41, 5.74) is 0.962. The van der Waals surface area contributed by atoms with Crippen LogP contribution in [0.2, 0.25) is 0 Å². The predicted octanol–water partition coefficient (Wildman–Crippen LogP) is 0.928. The Morgan fingerprint density at radius 3 is 2.71 bits per heavy atom. The number of benzene rings is 1. The van der Waals surface area contributed by atoms with Crippen LogP contribution in [0, 0.1) is 0 Å². The number of likely N-dealkylation sites (N-methyl/N-ethyl adjacent to an activating group) is 1. The molecule has 0 unspecified atom stereocenters. The Morgan fingerprint density at radius 2 is 1.94 bits per heavy atom. The van der Waals surface area contributed by atoms with E-state index in [-0.39, 0.29) is 29.8 Å². The Balaban J connectivity index is 1.53. The van der Waals surface area contributed by atoms with Gasteiger partial charge in [-0.05, 0) is 45.5 Å². The molecule has 0 aromatic heterocycles. The van der Waals surface area contributed by atoms with E-state index in [2.05, 4.69) is 22.5 Å². The van der Waals surface area contributed by atoms with Gasteiger partial charge in [0.05, 0.1) is 18.7 Å². The van der Waals surface area contributed by atoms with Gasteiger partial charge in [-0.25, -0.2) is 0 Å². The minimum atomic E-state index is -0.749. The fourth-order valence-corrected chi connectivity index (χ4v) is 5.12. The Morgan fingerprint density at radius 1 is 1.15 bits per heavy atom. The topological polar surface area (TPSA) is 103 Å². The zero-order chi connectivity index (χ0) is 24.2. The predicted molar refractivity (Wildman–Crippen MR) is 128 cm³/mol. The largest absolute Gasteiger partial charge is 0.493 e. The Bertz CT molecular complexity index is 938. The second-order valence-electron chi connectivity index (χ2n) is 9.27. The first kappa shape index (κ1) is 24.1. The minimum Gasteiger partial charge on any atom is -0.493 e. The summed E-state index contributed by atoms with van der Waals surface area (Å²) in [4.78, 5) is 43.5. The number of carbonyl (C=O) groups is 3. The Kier molecular flexibility index (Phi) is 7.41. The average molecular weight is 470 g/mol. The summed E-state index contributed by atoms with van der Waals surface area (Å²) in [7, 11) is 1.70. The lowest BCUT2D eigenvalue weighted by molar-refractivity contribution is -0.145. The summed E-state index contributed by atoms with van der Waals surface area (Å²) >= 11 is 0. The number of ether oxygens (including phenoxy) is 1. The molecule has 184 valence electrons. The first-order chi connectivity index (χ1) is 16.4. The molecular formula is C25H35N5O4. The fraction of sp³-hybridized carbons (Fsp3) is 0.560. The highest BCUT2D eigenvalue weighted by molar-refractivity contribution is 5.94. The molecule has 2 fully saturated rings. The number of nitrogens with one attached hydrogen (secondary N) is 3. The van der Waals surface area contributed by atoms with Gasteiger partial charge >= 0.3 is 0 Å². The normalized spacial score (nSPS) is 27.4. The number of nitrogens with zero attached hydrogens (tertiary/aromatic N) is 2. The van der Waals surface area contributed by atoms with Crippen LogP contribution in [0.1, 0.15) is 44.2 Å². The van der Waals surface area contributed by atoms with E-state index >= 15 is 0 Å². The smallest absolute Gasteiger partial charge is 0.247 e. The highest BCUT2D eigenvalue weighted by Gasteiger charge is 2.45.